The van der Waals surface area contributed by atoms with E-state index in [4.69, 9.17) is 3.63 Å². The van der Waals surface area contributed by atoms with Crippen LogP contribution in [0.4, 0.5) is 5.69 Å². The Morgan fingerprint density at radius 1 is 1.07 bits per heavy atom. The number of hydrogen-bond donors (Lipinski definition) is 2. The lowest BCUT2D eigenvalue weighted by molar-refractivity contribution is -0.384. The molecule has 11 heteroatoms. The van der Waals surface area contributed by atoms with Crippen LogP contribution in [-0.4, -0.2) is 59.8 Å². The number of benzene rings is 2. The van der Waals surface area contributed by atoms with Gasteiger partial charge in [-0.3, -0.25) is 14.9 Å². The number of rotatable bonds is 11. The molecular weight excluding hydrogens is 434 g/mol. The van der Waals surface area contributed by atoms with Crippen molar-refractivity contribution in [2.24, 2.45) is 0 Å². The number of nitro groups is 1. The van der Waals surface area contributed by atoms with Crippen LogP contribution in [-0.2, 0) is 13.7 Å². The maximum atomic E-state index is 12.8. The smallest absolute Gasteiger partial charge is 0.306 e. The summed E-state index contributed by atoms with van der Waals surface area (Å²) in [6, 6.07) is 11.0. The summed E-state index contributed by atoms with van der Waals surface area (Å²) in [6.45, 7) is 0.879. The van der Waals surface area contributed by atoms with Gasteiger partial charge in [0, 0.05) is 29.2 Å². The molecule has 0 bridgehead atoms. The van der Waals surface area contributed by atoms with E-state index in [9.17, 15) is 33.5 Å². The molecule has 0 unspecified atom stereocenters. The Labute approximate surface area is 176 Å². The minimum absolute atomic E-state index is 0.0216. The van der Waals surface area contributed by atoms with E-state index in [2.05, 4.69) is 0 Å². The van der Waals surface area contributed by atoms with Crippen LogP contribution < -0.4 is 0 Å². The lowest BCUT2D eigenvalue weighted by Crippen LogP contribution is -2.27. The highest BCUT2D eigenvalue weighted by Gasteiger charge is 2.34. The van der Waals surface area contributed by atoms with E-state index in [1.807, 2.05) is 0 Å². The van der Waals surface area contributed by atoms with E-state index >= 15 is 0 Å². The number of nitro benzene ring substituents is 1. The predicted octanol–water partition coefficient (Wildman–Crippen LogP) is 2.20. The summed E-state index contributed by atoms with van der Waals surface area (Å²) in [5.74, 6) is -1.30. The average Bonchev–Trinajstić information content (AvgIpc) is 2.68. The van der Waals surface area contributed by atoms with Crippen molar-refractivity contribution >= 4 is 31.9 Å². The molecule has 0 amide bonds. The Kier molecular flexibility index (Phi) is 8.10. The zero-order valence-corrected chi connectivity index (χ0v) is 17.9. The van der Waals surface area contributed by atoms with E-state index in [0.717, 1.165) is 11.6 Å². The van der Waals surface area contributed by atoms with Crippen LogP contribution in [0.15, 0.2) is 53.4 Å². The summed E-state index contributed by atoms with van der Waals surface area (Å²) in [5, 5.41) is 30.0. The maximum absolute atomic E-state index is 12.8. The number of nitrogens with zero attached hydrogens (tertiary/aromatic N) is 1. The van der Waals surface area contributed by atoms with Gasteiger partial charge < -0.3 is 10.2 Å². The molecule has 0 atom stereocenters. The topological polar surface area (TPSA) is 144 Å². The molecule has 0 aliphatic carbocycles. The number of carbonyl (C=O) groups is 1. The standard InChI is InChI=1S/C19H23NO8S2/c1-15-5-7-18(8-6-15)30(26,27)28-29(11-9-21,12-10-22)14-19(23)16-3-2-4-17(13-16)20(24)25/h2-8,13,21-22H,9-12,14H2,1H3. The van der Waals surface area contributed by atoms with Gasteiger partial charge in [0.15, 0.2) is 5.78 Å². The third-order valence-electron chi connectivity index (χ3n) is 4.24. The second-order valence-corrected chi connectivity index (χ2v) is 11.5. The monoisotopic (exact) mass is 457 g/mol. The van der Waals surface area contributed by atoms with E-state index in [1.54, 1.807) is 19.1 Å². The van der Waals surface area contributed by atoms with Gasteiger partial charge in [0.25, 0.3) is 5.69 Å². The minimum Gasteiger partial charge on any atom is -0.395 e. The fourth-order valence-corrected chi connectivity index (χ4v) is 7.56. The molecule has 9 nitrogen and oxygen atoms in total. The molecule has 0 aromatic heterocycles. The van der Waals surface area contributed by atoms with Crippen molar-refractivity contribution in [3.63, 3.8) is 0 Å². The van der Waals surface area contributed by atoms with Crippen molar-refractivity contribution in [2.75, 3.05) is 30.5 Å². The molecule has 0 fully saturated rings. The molecule has 164 valence electrons. The van der Waals surface area contributed by atoms with Gasteiger partial charge in [0.2, 0.25) is 0 Å². The molecule has 2 N–H and O–H groups in total. The molecule has 0 heterocycles. The number of aliphatic hydroxyl groups is 2. The zero-order chi connectivity index (χ0) is 22.4. The number of ketones is 1. The molecular formula is C19H23NO8S2. The summed E-state index contributed by atoms with van der Waals surface area (Å²) >= 11 is 0. The van der Waals surface area contributed by atoms with Gasteiger partial charge in [0.1, 0.15) is 0 Å². The second kappa shape index (κ2) is 10.1. The Morgan fingerprint density at radius 3 is 2.20 bits per heavy atom. The van der Waals surface area contributed by atoms with Gasteiger partial charge in [-0.05, 0) is 19.1 Å². The second-order valence-electron chi connectivity index (χ2n) is 6.53. The number of hydrogen-bond acceptors (Lipinski definition) is 8. The molecule has 2 aromatic rings. The summed E-state index contributed by atoms with van der Waals surface area (Å²) in [7, 11) is -7.07. The molecule has 30 heavy (non-hydrogen) atoms. The molecule has 0 spiro atoms. The van der Waals surface area contributed by atoms with Crippen molar-refractivity contribution in [3.05, 3.63) is 69.8 Å². The Bertz CT molecular complexity index is 999. The third-order valence-corrected chi connectivity index (χ3v) is 9.61. The Balaban J connectivity index is 2.38. The van der Waals surface area contributed by atoms with Gasteiger partial charge in [0.05, 0.1) is 28.8 Å². The summed E-state index contributed by atoms with van der Waals surface area (Å²) in [5.41, 5.74) is 0.589. The van der Waals surface area contributed by atoms with Crippen LogP contribution in [0.1, 0.15) is 15.9 Å². The molecule has 2 aromatic carbocycles. The first-order valence-electron chi connectivity index (χ1n) is 8.91. The number of aryl methyl sites for hydroxylation is 1. The van der Waals surface area contributed by atoms with E-state index in [1.165, 1.54) is 30.3 Å². The van der Waals surface area contributed by atoms with Crippen LogP contribution in [0, 0.1) is 17.0 Å². The van der Waals surface area contributed by atoms with Crippen molar-refractivity contribution in [2.45, 2.75) is 11.8 Å². The molecule has 2 rings (SSSR count). The van der Waals surface area contributed by atoms with Gasteiger partial charge in [-0.25, -0.2) is 3.63 Å². The van der Waals surface area contributed by atoms with Crippen LogP contribution in [0.25, 0.3) is 0 Å². The Morgan fingerprint density at radius 2 is 1.67 bits per heavy atom. The first-order chi connectivity index (χ1) is 14.1. The van der Waals surface area contributed by atoms with Crippen LogP contribution >= 0.6 is 10.3 Å². The molecule has 0 aliphatic rings. The van der Waals surface area contributed by atoms with Gasteiger partial charge in [-0.2, -0.15) is 8.42 Å². The van der Waals surface area contributed by atoms with E-state index in [0.29, 0.717) is 0 Å². The quantitative estimate of drug-likeness (QED) is 0.297. The van der Waals surface area contributed by atoms with Crippen molar-refractivity contribution < 1.29 is 32.0 Å². The number of aliphatic hydroxyl groups excluding tert-OH is 2. The molecule has 0 aliphatic heterocycles. The van der Waals surface area contributed by atoms with Gasteiger partial charge in [-0.1, -0.05) is 29.8 Å². The van der Waals surface area contributed by atoms with Crippen molar-refractivity contribution in [3.8, 4) is 0 Å². The van der Waals surface area contributed by atoms with Crippen LogP contribution in [0.3, 0.4) is 0 Å². The zero-order valence-electron chi connectivity index (χ0n) is 16.3. The largest absolute Gasteiger partial charge is 0.395 e. The third kappa shape index (κ3) is 6.09. The highest BCUT2D eigenvalue weighted by molar-refractivity contribution is 8.33. The van der Waals surface area contributed by atoms with E-state index < -0.39 is 50.1 Å². The first-order valence-corrected chi connectivity index (χ1v) is 12.4. The predicted molar refractivity (Wildman–Crippen MR) is 113 cm³/mol. The van der Waals surface area contributed by atoms with Crippen LogP contribution in [0.2, 0.25) is 0 Å². The van der Waals surface area contributed by atoms with E-state index in [-0.39, 0.29) is 27.7 Å². The van der Waals surface area contributed by atoms with Gasteiger partial charge >= 0.3 is 10.1 Å². The number of non-ortho nitro benzene ring substituents is 1. The number of Topliss-reactive ketones (excluding diaryl/α,β-unsaturated/α-hetero) is 1. The first kappa shape index (κ1) is 24.0. The van der Waals surface area contributed by atoms with Gasteiger partial charge in [-0.15, -0.1) is 10.3 Å². The fourth-order valence-electron chi connectivity index (χ4n) is 2.72. The molecule has 0 saturated carbocycles. The average molecular weight is 458 g/mol. The maximum Gasteiger partial charge on any atom is 0.306 e. The minimum atomic E-state index is -4.27. The fraction of sp³-hybridized carbons (Fsp3) is 0.316. The van der Waals surface area contributed by atoms with Crippen molar-refractivity contribution in [1.82, 2.24) is 0 Å². The lowest BCUT2D eigenvalue weighted by atomic mass is 10.1. The number of carbonyl (C=O) groups excluding carboxylic acids is 1. The summed E-state index contributed by atoms with van der Waals surface area (Å²) in [6.07, 6.45) is 0. The normalized spacial score (nSPS) is 12.5. The van der Waals surface area contributed by atoms with Crippen molar-refractivity contribution in [1.29, 1.82) is 0 Å². The SMILES string of the molecule is Cc1ccc(S(=O)(=O)OS(CCO)(CCO)CC(=O)c2cccc([N+](=O)[O-])c2)cc1. The summed E-state index contributed by atoms with van der Waals surface area (Å²) in [4.78, 5) is 23.0. The molecule has 0 radical (unpaired) electrons. The Hall–Kier alpha value is -2.31. The lowest BCUT2D eigenvalue weighted by Gasteiger charge is -2.36. The highest BCUT2D eigenvalue weighted by Crippen LogP contribution is 2.51. The summed E-state index contributed by atoms with van der Waals surface area (Å²) < 4.78 is 31.1. The molecule has 0 saturated heterocycles. The highest BCUT2D eigenvalue weighted by atomic mass is 32.3. The van der Waals surface area contributed by atoms with Crippen LogP contribution in [0.5, 0.6) is 0 Å².